The van der Waals surface area contributed by atoms with Gasteiger partial charge in [-0.05, 0) is 55.9 Å². The molecule has 0 saturated heterocycles. The summed E-state index contributed by atoms with van der Waals surface area (Å²) in [6.45, 7) is 3.67. The summed E-state index contributed by atoms with van der Waals surface area (Å²) >= 11 is 7.84. The van der Waals surface area contributed by atoms with Gasteiger partial charge >= 0.3 is 0 Å². The Morgan fingerprint density at radius 2 is 1.61 bits per heavy atom. The number of amides is 1. The monoisotopic (exact) mass is 546 g/mol. The van der Waals surface area contributed by atoms with Crippen LogP contribution in [0.1, 0.15) is 44.5 Å². The van der Waals surface area contributed by atoms with Crippen LogP contribution in [0.3, 0.4) is 0 Å². The van der Waals surface area contributed by atoms with Gasteiger partial charge in [0.1, 0.15) is 10.7 Å². The van der Waals surface area contributed by atoms with Gasteiger partial charge in [0.25, 0.3) is 5.91 Å². The lowest BCUT2D eigenvalue weighted by molar-refractivity contribution is 0.0946. The van der Waals surface area contributed by atoms with Crippen LogP contribution in [0.2, 0.25) is 5.02 Å². The summed E-state index contributed by atoms with van der Waals surface area (Å²) < 4.78 is 0. The number of hydrogen-bond donors (Lipinski definition) is 1. The highest BCUT2D eigenvalue weighted by molar-refractivity contribution is 7.09. The van der Waals surface area contributed by atoms with Crippen molar-refractivity contribution in [1.29, 1.82) is 0 Å². The fourth-order valence-electron chi connectivity index (χ4n) is 4.48. The van der Waals surface area contributed by atoms with Crippen molar-refractivity contribution in [2.24, 2.45) is 0 Å². The van der Waals surface area contributed by atoms with Crippen LogP contribution in [0, 0.1) is 0 Å². The molecule has 0 aliphatic rings. The van der Waals surface area contributed by atoms with Gasteiger partial charge in [-0.15, -0.1) is 11.3 Å². The Hall–Kier alpha value is -3.03. The van der Waals surface area contributed by atoms with Crippen molar-refractivity contribution in [3.05, 3.63) is 123 Å². The van der Waals surface area contributed by atoms with E-state index in [0.29, 0.717) is 18.8 Å². The number of nitrogens with one attached hydrogen (secondary N) is 1. The molecule has 0 bridgehead atoms. The molecule has 1 aromatic heterocycles. The third kappa shape index (κ3) is 8.50. The van der Waals surface area contributed by atoms with E-state index in [1.165, 1.54) is 22.5 Å². The van der Waals surface area contributed by atoms with Gasteiger partial charge < -0.3 is 10.2 Å². The van der Waals surface area contributed by atoms with E-state index < -0.39 is 0 Å². The predicted octanol–water partition coefficient (Wildman–Crippen LogP) is 6.31. The fraction of sp³-hybridized carbons (Fsp3) is 0.290. The summed E-state index contributed by atoms with van der Waals surface area (Å²) in [5.41, 5.74) is 4.27. The van der Waals surface area contributed by atoms with Gasteiger partial charge in [0.2, 0.25) is 0 Å². The van der Waals surface area contributed by atoms with E-state index in [-0.39, 0.29) is 11.8 Å². The van der Waals surface area contributed by atoms with Gasteiger partial charge in [-0.25, -0.2) is 4.98 Å². The number of aromatic nitrogens is 1. The summed E-state index contributed by atoms with van der Waals surface area (Å²) in [7, 11) is 3.98. The maximum Gasteiger partial charge on any atom is 0.270 e. The van der Waals surface area contributed by atoms with Crippen molar-refractivity contribution in [3.63, 3.8) is 0 Å². The number of carbonyl (C=O) groups excluding carboxylic acids is 1. The predicted molar refractivity (Wildman–Crippen MR) is 158 cm³/mol. The van der Waals surface area contributed by atoms with Crippen LogP contribution in [0.5, 0.6) is 0 Å². The highest BCUT2D eigenvalue weighted by atomic mass is 35.5. The van der Waals surface area contributed by atoms with E-state index >= 15 is 0 Å². The van der Waals surface area contributed by atoms with Crippen LogP contribution in [-0.2, 0) is 13.1 Å². The highest BCUT2D eigenvalue weighted by Gasteiger charge is 2.18. The Balaban J connectivity index is 1.50. The summed E-state index contributed by atoms with van der Waals surface area (Å²) in [6, 6.07) is 29.4. The van der Waals surface area contributed by atoms with Crippen LogP contribution in [0.25, 0.3) is 0 Å². The second-order valence-electron chi connectivity index (χ2n) is 9.69. The average molecular weight is 547 g/mol. The largest absolute Gasteiger partial charge is 0.349 e. The molecular weight excluding hydrogens is 512 g/mol. The number of halogens is 1. The molecule has 0 unspecified atom stereocenters. The Labute approximate surface area is 235 Å². The number of rotatable bonds is 13. The van der Waals surface area contributed by atoms with E-state index in [1.54, 1.807) is 0 Å². The Bertz CT molecular complexity index is 1240. The van der Waals surface area contributed by atoms with E-state index in [2.05, 4.69) is 81.9 Å². The number of hydrogen-bond acceptors (Lipinski definition) is 5. The lowest BCUT2D eigenvalue weighted by atomic mass is 9.88. The van der Waals surface area contributed by atoms with E-state index in [0.717, 1.165) is 41.6 Å². The first-order valence-corrected chi connectivity index (χ1v) is 14.2. The van der Waals surface area contributed by atoms with Crippen molar-refractivity contribution in [2.75, 3.05) is 33.7 Å². The van der Waals surface area contributed by atoms with Crippen LogP contribution >= 0.6 is 22.9 Å². The zero-order valence-electron chi connectivity index (χ0n) is 22.0. The highest BCUT2D eigenvalue weighted by Crippen LogP contribution is 2.29. The maximum absolute atomic E-state index is 12.6. The van der Waals surface area contributed by atoms with Gasteiger partial charge in [0.15, 0.2) is 0 Å². The molecule has 0 aliphatic carbocycles. The molecule has 7 heteroatoms. The molecule has 0 radical (unpaired) electrons. The summed E-state index contributed by atoms with van der Waals surface area (Å²) in [6.07, 6.45) is 0.956. The van der Waals surface area contributed by atoms with Crippen LogP contribution < -0.4 is 5.32 Å². The van der Waals surface area contributed by atoms with Crippen LogP contribution in [0.15, 0.2) is 90.3 Å². The van der Waals surface area contributed by atoms with Gasteiger partial charge in [-0.2, -0.15) is 0 Å². The molecule has 1 heterocycles. The van der Waals surface area contributed by atoms with Crippen molar-refractivity contribution in [2.45, 2.75) is 25.4 Å². The lowest BCUT2D eigenvalue weighted by Gasteiger charge is -2.25. The Kier molecular flexibility index (Phi) is 10.5. The molecule has 0 spiro atoms. The van der Waals surface area contributed by atoms with E-state index in [4.69, 9.17) is 11.6 Å². The second kappa shape index (κ2) is 14.2. The molecule has 0 aliphatic heterocycles. The van der Waals surface area contributed by atoms with Crippen molar-refractivity contribution < 1.29 is 4.79 Å². The molecule has 3 aromatic carbocycles. The number of nitrogens with zero attached hydrogens (tertiary/aromatic N) is 3. The minimum absolute atomic E-state index is 0.121. The molecule has 0 saturated carbocycles. The molecule has 4 aromatic rings. The third-order valence-corrected chi connectivity index (χ3v) is 7.49. The Morgan fingerprint density at radius 3 is 2.24 bits per heavy atom. The quantitative estimate of drug-likeness (QED) is 0.213. The van der Waals surface area contributed by atoms with Gasteiger partial charge in [0, 0.05) is 36.0 Å². The zero-order valence-corrected chi connectivity index (χ0v) is 23.6. The maximum atomic E-state index is 12.6. The van der Waals surface area contributed by atoms with Crippen LogP contribution in [-0.4, -0.2) is 54.4 Å². The van der Waals surface area contributed by atoms with Gasteiger partial charge in [0.05, 0.1) is 6.54 Å². The van der Waals surface area contributed by atoms with Gasteiger partial charge in [-0.1, -0.05) is 84.4 Å². The summed E-state index contributed by atoms with van der Waals surface area (Å²) in [5, 5.41) is 6.48. The van der Waals surface area contributed by atoms with Crippen molar-refractivity contribution in [1.82, 2.24) is 20.1 Å². The fourth-order valence-corrected chi connectivity index (χ4v) is 5.51. The van der Waals surface area contributed by atoms with Crippen LogP contribution in [0.4, 0.5) is 0 Å². The third-order valence-electron chi connectivity index (χ3n) is 6.42. The first kappa shape index (κ1) is 28.0. The number of carbonyl (C=O) groups is 1. The Morgan fingerprint density at radius 1 is 0.921 bits per heavy atom. The first-order valence-electron chi connectivity index (χ1n) is 12.9. The van der Waals surface area contributed by atoms with Gasteiger partial charge in [-0.3, -0.25) is 9.69 Å². The summed E-state index contributed by atoms with van der Waals surface area (Å²) in [4.78, 5) is 21.7. The molecule has 4 rings (SSSR count). The molecule has 38 heavy (non-hydrogen) atoms. The molecular formula is C31H35ClN4OS. The average Bonchev–Trinajstić information content (AvgIpc) is 3.38. The molecule has 0 fully saturated rings. The molecule has 5 nitrogen and oxygen atoms in total. The number of thiazole rings is 1. The smallest absolute Gasteiger partial charge is 0.270 e. The first-order chi connectivity index (χ1) is 18.5. The van der Waals surface area contributed by atoms with E-state index in [1.807, 2.05) is 42.6 Å². The number of likely N-dealkylation sites (N-methyl/N-ethyl adjacent to an activating group) is 1. The molecule has 198 valence electrons. The molecule has 1 amide bonds. The zero-order chi connectivity index (χ0) is 26.7. The minimum atomic E-state index is -0.121. The molecule has 0 atom stereocenters. The van der Waals surface area contributed by atoms with E-state index in [9.17, 15) is 4.79 Å². The summed E-state index contributed by atoms with van der Waals surface area (Å²) in [5.74, 6) is 0.164. The second-order valence-corrected chi connectivity index (χ2v) is 11.1. The van der Waals surface area contributed by atoms with Crippen molar-refractivity contribution >= 4 is 28.8 Å². The lowest BCUT2D eigenvalue weighted by Crippen LogP contribution is -2.31. The number of benzene rings is 3. The van der Waals surface area contributed by atoms with Crippen molar-refractivity contribution in [3.8, 4) is 0 Å². The molecule has 1 N–H and O–H groups in total. The standard InChI is InChI=1S/C31H35ClN4OS/c1-35(2)19-17-33-31(37)29-23-38-30(34-29)22-36(21-24-10-9-15-27(32)20-24)18-16-28(25-11-5-3-6-12-25)26-13-7-4-8-14-26/h3-15,20,23,28H,16-19,21-22H2,1-2H3,(H,33,37). The minimum Gasteiger partial charge on any atom is -0.349 e. The SMILES string of the molecule is CN(C)CCNC(=O)c1csc(CN(CCC(c2ccccc2)c2ccccc2)Cc2cccc(Cl)c2)n1. The topological polar surface area (TPSA) is 48.5 Å². The normalized spacial score (nSPS) is 11.4.